The number of anilines is 1. The van der Waals surface area contributed by atoms with Crippen LogP contribution in [0.5, 0.6) is 5.75 Å². The molecule has 11 heteroatoms. The van der Waals surface area contributed by atoms with Gasteiger partial charge in [-0.1, -0.05) is 0 Å². The molecule has 0 spiro atoms. The van der Waals surface area contributed by atoms with Crippen LogP contribution in [0, 0.1) is 12.7 Å². The first kappa shape index (κ1) is 21.9. The van der Waals surface area contributed by atoms with Gasteiger partial charge < -0.3 is 27.3 Å². The standard InChI is InChI=1S/C19H22F3N5O2S/c1-8-15(18(25)30-16(8)19(28)27-13-5-11(13)23)17(24)26-12-3-2-9(22)4-14(12)29-10(6-20)7-21/h2-4,10-11,13H,5-7,23,25H2,1H3,(H2,24,26)(H,27,28)/t11-,13-/m1/s1. The van der Waals surface area contributed by atoms with Crippen LogP contribution in [0.3, 0.4) is 0 Å². The smallest absolute Gasteiger partial charge is 0.261 e. The number of halogens is 3. The predicted molar refractivity (Wildman–Crippen MR) is 110 cm³/mol. The Hall–Kier alpha value is -2.79. The van der Waals surface area contributed by atoms with Gasteiger partial charge in [-0.25, -0.2) is 18.2 Å². The van der Waals surface area contributed by atoms with Crippen molar-refractivity contribution in [1.29, 1.82) is 0 Å². The van der Waals surface area contributed by atoms with Crippen LogP contribution >= 0.6 is 11.3 Å². The summed E-state index contributed by atoms with van der Waals surface area (Å²) in [5.41, 5.74) is 18.8. The van der Waals surface area contributed by atoms with E-state index in [-0.39, 0.29) is 40.3 Å². The molecular formula is C19H22F3N5O2S. The van der Waals surface area contributed by atoms with Gasteiger partial charge in [-0.15, -0.1) is 11.3 Å². The van der Waals surface area contributed by atoms with Gasteiger partial charge in [0.1, 0.15) is 36.4 Å². The number of amides is 1. The Morgan fingerprint density at radius 3 is 2.67 bits per heavy atom. The quantitative estimate of drug-likeness (QED) is 0.369. The van der Waals surface area contributed by atoms with Gasteiger partial charge in [0, 0.05) is 18.2 Å². The van der Waals surface area contributed by atoms with Crippen LogP contribution in [0.15, 0.2) is 23.2 Å². The van der Waals surface area contributed by atoms with E-state index < -0.39 is 25.3 Å². The molecule has 1 saturated carbocycles. The number of carbonyl (C=O) groups is 1. The van der Waals surface area contributed by atoms with Crippen molar-refractivity contribution >= 4 is 33.8 Å². The second-order valence-electron chi connectivity index (χ2n) is 6.93. The molecule has 1 aromatic carbocycles. The molecule has 1 aromatic heterocycles. The van der Waals surface area contributed by atoms with Crippen molar-refractivity contribution in [2.75, 3.05) is 19.1 Å². The molecular weight excluding hydrogens is 419 g/mol. The number of thiophene rings is 1. The van der Waals surface area contributed by atoms with Crippen molar-refractivity contribution in [3.05, 3.63) is 40.0 Å². The van der Waals surface area contributed by atoms with Crippen molar-refractivity contribution in [1.82, 2.24) is 5.32 Å². The number of hydrogen-bond donors (Lipinski definition) is 4. The van der Waals surface area contributed by atoms with Crippen LogP contribution in [0.4, 0.5) is 23.9 Å². The third-order valence-corrected chi connectivity index (χ3v) is 5.71. The SMILES string of the molecule is Cc1c(C(=O)N[C@@H]2C[C@H]2N)sc(N)c1C(N)=Nc1ccc(F)cc1OC(CF)CF. The Morgan fingerprint density at radius 2 is 2.07 bits per heavy atom. The Morgan fingerprint density at radius 1 is 1.40 bits per heavy atom. The number of ether oxygens (including phenoxy) is 1. The fraction of sp³-hybridized carbons (Fsp3) is 0.368. The van der Waals surface area contributed by atoms with Crippen LogP contribution in [0.1, 0.15) is 27.2 Å². The monoisotopic (exact) mass is 441 g/mol. The molecule has 0 aliphatic heterocycles. The molecule has 1 fully saturated rings. The average Bonchev–Trinajstić information content (AvgIpc) is 3.30. The number of nitrogens with two attached hydrogens (primary N) is 3. The molecule has 3 rings (SSSR count). The molecule has 0 radical (unpaired) electrons. The second kappa shape index (κ2) is 8.92. The van der Waals surface area contributed by atoms with E-state index in [4.69, 9.17) is 21.9 Å². The number of benzene rings is 1. The highest BCUT2D eigenvalue weighted by Crippen LogP contribution is 2.34. The number of nitrogen functional groups attached to an aromatic ring is 1. The lowest BCUT2D eigenvalue weighted by Crippen LogP contribution is -2.29. The summed E-state index contributed by atoms with van der Waals surface area (Å²) in [6, 6.07) is 3.23. The number of amidine groups is 1. The van der Waals surface area contributed by atoms with Crippen LogP contribution in [-0.4, -0.2) is 43.3 Å². The largest absolute Gasteiger partial charge is 0.483 e. The maximum absolute atomic E-state index is 13.6. The minimum Gasteiger partial charge on any atom is -0.483 e. The number of alkyl halides is 2. The summed E-state index contributed by atoms with van der Waals surface area (Å²) in [5, 5.41) is 3.09. The minimum atomic E-state index is -1.39. The Kier molecular flexibility index (Phi) is 6.52. The van der Waals surface area contributed by atoms with E-state index in [0.717, 1.165) is 23.5 Å². The number of aliphatic imine (C=N–C) groups is 1. The Balaban J connectivity index is 1.91. The lowest BCUT2D eigenvalue weighted by molar-refractivity contribution is 0.0954. The summed E-state index contributed by atoms with van der Waals surface area (Å²) >= 11 is 1.06. The van der Waals surface area contributed by atoms with Gasteiger partial charge in [-0.3, -0.25) is 4.79 Å². The molecule has 2 aromatic rings. The van der Waals surface area contributed by atoms with E-state index in [1.54, 1.807) is 6.92 Å². The number of nitrogens with zero attached hydrogens (tertiary/aromatic N) is 1. The molecule has 1 amide bonds. The van der Waals surface area contributed by atoms with Crippen LogP contribution in [-0.2, 0) is 0 Å². The summed E-state index contributed by atoms with van der Waals surface area (Å²) in [6.07, 6.45) is -0.673. The van der Waals surface area contributed by atoms with Crippen molar-refractivity contribution in [2.24, 2.45) is 16.5 Å². The normalized spacial score (nSPS) is 18.5. The summed E-state index contributed by atoms with van der Waals surface area (Å²) in [4.78, 5) is 17.0. The van der Waals surface area contributed by atoms with E-state index in [2.05, 4.69) is 10.3 Å². The summed E-state index contributed by atoms with van der Waals surface area (Å²) in [5.74, 6) is -1.18. The highest BCUT2D eigenvalue weighted by molar-refractivity contribution is 7.18. The number of rotatable bonds is 8. The summed E-state index contributed by atoms with van der Waals surface area (Å²) < 4.78 is 44.4. The Bertz CT molecular complexity index is 977. The molecule has 7 N–H and O–H groups in total. The van der Waals surface area contributed by atoms with Gasteiger partial charge in [-0.05, 0) is 31.0 Å². The maximum atomic E-state index is 13.6. The molecule has 1 heterocycles. The highest BCUT2D eigenvalue weighted by Gasteiger charge is 2.35. The Labute approximate surface area is 175 Å². The highest BCUT2D eigenvalue weighted by atomic mass is 32.1. The van der Waals surface area contributed by atoms with Gasteiger partial charge in [0.15, 0.2) is 6.10 Å². The van der Waals surface area contributed by atoms with E-state index >= 15 is 0 Å². The molecule has 0 bridgehead atoms. The molecule has 162 valence electrons. The number of nitrogens with one attached hydrogen (secondary N) is 1. The zero-order chi connectivity index (χ0) is 22.0. The van der Waals surface area contributed by atoms with E-state index in [0.29, 0.717) is 22.4 Å². The topological polar surface area (TPSA) is 129 Å². The van der Waals surface area contributed by atoms with Crippen LogP contribution < -0.4 is 27.3 Å². The molecule has 0 saturated heterocycles. The first-order valence-electron chi connectivity index (χ1n) is 9.13. The molecule has 7 nitrogen and oxygen atoms in total. The van der Waals surface area contributed by atoms with Crippen LogP contribution in [0.2, 0.25) is 0 Å². The van der Waals surface area contributed by atoms with E-state index in [1.807, 2.05) is 0 Å². The number of hydrogen-bond acceptors (Lipinski definition) is 6. The maximum Gasteiger partial charge on any atom is 0.261 e. The predicted octanol–water partition coefficient (Wildman–Crippen LogP) is 2.33. The zero-order valence-electron chi connectivity index (χ0n) is 16.1. The van der Waals surface area contributed by atoms with Crippen molar-refractivity contribution in [3.63, 3.8) is 0 Å². The average molecular weight is 441 g/mol. The molecule has 30 heavy (non-hydrogen) atoms. The molecule has 2 atom stereocenters. The third kappa shape index (κ3) is 4.68. The van der Waals surface area contributed by atoms with Gasteiger partial charge in [0.2, 0.25) is 0 Å². The summed E-state index contributed by atoms with van der Waals surface area (Å²) in [6.45, 7) is -0.507. The number of carbonyl (C=O) groups excluding carboxylic acids is 1. The molecule has 0 unspecified atom stereocenters. The van der Waals surface area contributed by atoms with Crippen molar-refractivity contribution in [2.45, 2.75) is 31.5 Å². The van der Waals surface area contributed by atoms with E-state index in [9.17, 15) is 18.0 Å². The van der Waals surface area contributed by atoms with Gasteiger partial charge in [0.25, 0.3) is 5.91 Å². The van der Waals surface area contributed by atoms with Crippen molar-refractivity contribution in [3.8, 4) is 5.75 Å². The molecule has 1 aliphatic rings. The minimum absolute atomic E-state index is 0.0445. The van der Waals surface area contributed by atoms with E-state index in [1.165, 1.54) is 6.07 Å². The fourth-order valence-electron chi connectivity index (χ4n) is 2.83. The first-order chi connectivity index (χ1) is 14.2. The molecule has 1 aliphatic carbocycles. The van der Waals surface area contributed by atoms with Gasteiger partial charge >= 0.3 is 0 Å². The summed E-state index contributed by atoms with van der Waals surface area (Å²) in [7, 11) is 0. The first-order valence-corrected chi connectivity index (χ1v) is 9.94. The third-order valence-electron chi connectivity index (χ3n) is 4.59. The van der Waals surface area contributed by atoms with Gasteiger partial charge in [0.05, 0.1) is 15.4 Å². The lowest BCUT2D eigenvalue weighted by Gasteiger charge is -2.14. The van der Waals surface area contributed by atoms with Crippen LogP contribution in [0.25, 0.3) is 0 Å². The van der Waals surface area contributed by atoms with Crippen molar-refractivity contribution < 1.29 is 22.7 Å². The fourth-order valence-corrected chi connectivity index (χ4v) is 3.82. The lowest BCUT2D eigenvalue weighted by atomic mass is 10.1. The second-order valence-corrected chi connectivity index (χ2v) is 7.98. The van der Waals surface area contributed by atoms with Gasteiger partial charge in [-0.2, -0.15) is 0 Å². The zero-order valence-corrected chi connectivity index (χ0v) is 16.9.